The minimum absolute atomic E-state index is 0.116. The van der Waals surface area contributed by atoms with E-state index in [1.807, 2.05) is 6.92 Å². The minimum atomic E-state index is -0.819. The van der Waals surface area contributed by atoms with Crippen LogP contribution in [0.1, 0.15) is 25.5 Å². The van der Waals surface area contributed by atoms with Crippen molar-refractivity contribution in [2.45, 2.75) is 26.3 Å². The van der Waals surface area contributed by atoms with Crippen molar-refractivity contribution >= 4 is 12.0 Å². The first kappa shape index (κ1) is 14.9. The monoisotopic (exact) mass is 266 g/mol. The number of aliphatic carboxylic acids is 1. The van der Waals surface area contributed by atoms with Gasteiger partial charge in [-0.1, -0.05) is 6.92 Å². The number of carbonyl (C=O) groups excluding carboxylic acids is 1. The van der Waals surface area contributed by atoms with Crippen LogP contribution in [0.25, 0.3) is 0 Å². The van der Waals surface area contributed by atoms with Gasteiger partial charge in [0.25, 0.3) is 0 Å². The van der Waals surface area contributed by atoms with E-state index in [0.29, 0.717) is 19.5 Å². The lowest BCUT2D eigenvalue weighted by Gasteiger charge is -2.12. The third kappa shape index (κ3) is 6.97. The highest BCUT2D eigenvalue weighted by molar-refractivity contribution is 5.73. The SMILES string of the molecule is CC(CCC(=O)O)CNC(=O)NCc1ccncn1. The normalized spacial score (nSPS) is 11.6. The Bertz CT molecular complexity index is 411. The number of hydrogen-bond acceptors (Lipinski definition) is 4. The Balaban J connectivity index is 2.16. The van der Waals surface area contributed by atoms with Crippen LogP contribution in [0.5, 0.6) is 0 Å². The maximum atomic E-state index is 11.5. The van der Waals surface area contributed by atoms with Gasteiger partial charge in [0.1, 0.15) is 6.33 Å². The highest BCUT2D eigenvalue weighted by Gasteiger charge is 2.07. The summed E-state index contributed by atoms with van der Waals surface area (Å²) in [5.41, 5.74) is 0.726. The lowest BCUT2D eigenvalue weighted by molar-refractivity contribution is -0.137. The van der Waals surface area contributed by atoms with Gasteiger partial charge in [-0.2, -0.15) is 0 Å². The van der Waals surface area contributed by atoms with Crippen LogP contribution in [0, 0.1) is 5.92 Å². The molecule has 0 bridgehead atoms. The van der Waals surface area contributed by atoms with E-state index >= 15 is 0 Å². The number of nitrogens with zero attached hydrogens (tertiary/aromatic N) is 2. The van der Waals surface area contributed by atoms with Gasteiger partial charge >= 0.3 is 12.0 Å². The molecule has 1 atom stereocenters. The summed E-state index contributed by atoms with van der Waals surface area (Å²) in [5.74, 6) is -0.694. The van der Waals surface area contributed by atoms with E-state index in [0.717, 1.165) is 5.69 Å². The highest BCUT2D eigenvalue weighted by Crippen LogP contribution is 2.03. The molecule has 0 radical (unpaired) electrons. The summed E-state index contributed by atoms with van der Waals surface area (Å²) in [6.07, 6.45) is 3.69. The van der Waals surface area contributed by atoms with Gasteiger partial charge in [-0.3, -0.25) is 4.79 Å². The van der Waals surface area contributed by atoms with Crippen LogP contribution in [0.2, 0.25) is 0 Å². The second-order valence-corrected chi connectivity index (χ2v) is 4.30. The third-order valence-electron chi connectivity index (χ3n) is 2.54. The first-order valence-electron chi connectivity index (χ1n) is 6.06. The fraction of sp³-hybridized carbons (Fsp3) is 0.500. The molecule has 3 N–H and O–H groups in total. The molecule has 0 saturated carbocycles. The first-order valence-corrected chi connectivity index (χ1v) is 6.06. The molecule has 0 saturated heterocycles. The maximum Gasteiger partial charge on any atom is 0.315 e. The van der Waals surface area contributed by atoms with Gasteiger partial charge in [0.15, 0.2) is 0 Å². The summed E-state index contributed by atoms with van der Waals surface area (Å²) in [7, 11) is 0. The van der Waals surface area contributed by atoms with Gasteiger partial charge < -0.3 is 15.7 Å². The molecule has 1 aromatic rings. The summed E-state index contributed by atoms with van der Waals surface area (Å²) in [6.45, 7) is 2.67. The van der Waals surface area contributed by atoms with E-state index in [9.17, 15) is 9.59 Å². The lowest BCUT2D eigenvalue weighted by atomic mass is 10.1. The topological polar surface area (TPSA) is 104 Å². The van der Waals surface area contributed by atoms with Crippen LogP contribution in [-0.4, -0.2) is 33.6 Å². The molecule has 1 unspecified atom stereocenters. The molecular weight excluding hydrogens is 248 g/mol. The Kier molecular flexibility index (Phi) is 6.28. The van der Waals surface area contributed by atoms with Crippen LogP contribution in [0.3, 0.4) is 0 Å². The zero-order valence-electron chi connectivity index (χ0n) is 10.8. The zero-order valence-corrected chi connectivity index (χ0v) is 10.8. The van der Waals surface area contributed by atoms with E-state index < -0.39 is 5.97 Å². The van der Waals surface area contributed by atoms with Crippen molar-refractivity contribution in [2.75, 3.05) is 6.54 Å². The van der Waals surface area contributed by atoms with Crippen molar-refractivity contribution in [2.24, 2.45) is 5.92 Å². The predicted molar refractivity (Wildman–Crippen MR) is 68.3 cm³/mol. The number of carboxylic acids is 1. The van der Waals surface area contributed by atoms with Gasteiger partial charge in [-0.15, -0.1) is 0 Å². The van der Waals surface area contributed by atoms with E-state index in [2.05, 4.69) is 20.6 Å². The summed E-state index contributed by atoms with van der Waals surface area (Å²) < 4.78 is 0. The number of rotatable bonds is 7. The maximum absolute atomic E-state index is 11.5. The van der Waals surface area contributed by atoms with Crippen molar-refractivity contribution in [1.82, 2.24) is 20.6 Å². The fourth-order valence-corrected chi connectivity index (χ4v) is 1.39. The highest BCUT2D eigenvalue weighted by atomic mass is 16.4. The van der Waals surface area contributed by atoms with Crippen molar-refractivity contribution in [3.63, 3.8) is 0 Å². The Labute approximate surface area is 111 Å². The van der Waals surface area contributed by atoms with Crippen LogP contribution in [0.4, 0.5) is 4.79 Å². The van der Waals surface area contributed by atoms with Gasteiger partial charge in [-0.25, -0.2) is 14.8 Å². The van der Waals surface area contributed by atoms with Crippen molar-refractivity contribution in [1.29, 1.82) is 0 Å². The van der Waals surface area contributed by atoms with Crippen molar-refractivity contribution < 1.29 is 14.7 Å². The van der Waals surface area contributed by atoms with Gasteiger partial charge in [-0.05, 0) is 18.4 Å². The number of carbonyl (C=O) groups is 2. The molecule has 0 aromatic carbocycles. The average Bonchev–Trinajstić information content (AvgIpc) is 2.41. The second kappa shape index (κ2) is 8.02. The standard InChI is InChI=1S/C12H18N4O3/c1-9(2-3-11(17)18)6-14-12(19)15-7-10-4-5-13-8-16-10/h4-5,8-9H,2-3,6-7H2,1H3,(H,17,18)(H2,14,15,19). The van der Waals surface area contributed by atoms with E-state index in [4.69, 9.17) is 5.11 Å². The van der Waals surface area contributed by atoms with Crippen LogP contribution < -0.4 is 10.6 Å². The Hall–Kier alpha value is -2.18. The molecule has 2 amide bonds. The smallest absolute Gasteiger partial charge is 0.315 e. The zero-order chi connectivity index (χ0) is 14.1. The van der Waals surface area contributed by atoms with Crippen LogP contribution in [-0.2, 0) is 11.3 Å². The summed E-state index contributed by atoms with van der Waals surface area (Å²) in [4.78, 5) is 29.6. The third-order valence-corrected chi connectivity index (χ3v) is 2.54. The summed E-state index contributed by atoms with van der Waals surface area (Å²) in [6, 6.07) is 1.43. The average molecular weight is 266 g/mol. The molecule has 0 fully saturated rings. The minimum Gasteiger partial charge on any atom is -0.481 e. The van der Waals surface area contributed by atoms with E-state index in [1.54, 1.807) is 12.3 Å². The quantitative estimate of drug-likeness (QED) is 0.676. The molecule has 0 aliphatic heterocycles. The number of nitrogens with one attached hydrogen (secondary N) is 2. The van der Waals surface area contributed by atoms with E-state index in [1.165, 1.54) is 6.33 Å². The molecule has 0 aliphatic carbocycles. The summed E-state index contributed by atoms with van der Waals surface area (Å²) >= 11 is 0. The Morgan fingerprint density at radius 1 is 1.42 bits per heavy atom. The van der Waals surface area contributed by atoms with Gasteiger partial charge in [0.05, 0.1) is 12.2 Å². The Morgan fingerprint density at radius 2 is 2.21 bits per heavy atom. The van der Waals surface area contributed by atoms with Crippen LogP contribution >= 0.6 is 0 Å². The first-order chi connectivity index (χ1) is 9.08. The lowest BCUT2D eigenvalue weighted by Crippen LogP contribution is -2.37. The largest absolute Gasteiger partial charge is 0.481 e. The van der Waals surface area contributed by atoms with Crippen molar-refractivity contribution in [3.8, 4) is 0 Å². The molecule has 1 heterocycles. The number of aromatic nitrogens is 2. The molecule has 0 aliphatic rings. The number of carboxylic acid groups (broad SMARTS) is 1. The number of urea groups is 1. The molecule has 7 heteroatoms. The molecule has 1 aromatic heterocycles. The number of hydrogen-bond donors (Lipinski definition) is 3. The predicted octanol–water partition coefficient (Wildman–Crippen LogP) is 0.777. The summed E-state index contributed by atoms with van der Waals surface area (Å²) in [5, 5.41) is 13.9. The van der Waals surface area contributed by atoms with E-state index in [-0.39, 0.29) is 18.4 Å². The molecule has 0 spiro atoms. The number of amides is 2. The molecular formula is C12H18N4O3. The molecule has 7 nitrogen and oxygen atoms in total. The molecule has 19 heavy (non-hydrogen) atoms. The fourth-order valence-electron chi connectivity index (χ4n) is 1.39. The Morgan fingerprint density at radius 3 is 2.84 bits per heavy atom. The van der Waals surface area contributed by atoms with Crippen molar-refractivity contribution in [3.05, 3.63) is 24.3 Å². The van der Waals surface area contributed by atoms with Gasteiger partial charge in [0, 0.05) is 19.2 Å². The van der Waals surface area contributed by atoms with Crippen LogP contribution in [0.15, 0.2) is 18.6 Å². The molecule has 1 rings (SSSR count). The molecule has 104 valence electrons. The van der Waals surface area contributed by atoms with Gasteiger partial charge in [0.2, 0.25) is 0 Å². The second-order valence-electron chi connectivity index (χ2n) is 4.30.